The zero-order valence-electron chi connectivity index (χ0n) is 15.9. The van der Waals surface area contributed by atoms with Crippen LogP contribution >= 0.6 is 0 Å². The lowest BCUT2D eigenvalue weighted by molar-refractivity contribution is 0.477. The van der Waals surface area contributed by atoms with Gasteiger partial charge >= 0.3 is 0 Å². The van der Waals surface area contributed by atoms with Crippen molar-refractivity contribution in [1.29, 1.82) is 0 Å². The summed E-state index contributed by atoms with van der Waals surface area (Å²) in [6, 6.07) is 5.56. The van der Waals surface area contributed by atoms with Crippen LogP contribution in [0.15, 0.2) is 18.2 Å². The van der Waals surface area contributed by atoms with Gasteiger partial charge in [0.1, 0.15) is 5.75 Å². The van der Waals surface area contributed by atoms with Gasteiger partial charge in [-0.1, -0.05) is 103 Å². The van der Waals surface area contributed by atoms with Gasteiger partial charge < -0.3 is 10.8 Å². The molecule has 0 saturated heterocycles. The number of nitrogen functional groups attached to an aromatic ring is 1. The first-order valence-electron chi connectivity index (χ1n) is 10.3. The summed E-state index contributed by atoms with van der Waals surface area (Å²) >= 11 is 0. The van der Waals surface area contributed by atoms with Gasteiger partial charge in [0.25, 0.3) is 0 Å². The van der Waals surface area contributed by atoms with Crippen molar-refractivity contribution in [2.75, 3.05) is 5.73 Å². The molecule has 0 aliphatic rings. The van der Waals surface area contributed by atoms with Crippen LogP contribution in [0.1, 0.15) is 102 Å². The fourth-order valence-electron chi connectivity index (χ4n) is 3.33. The maximum atomic E-state index is 9.59. The van der Waals surface area contributed by atoms with Crippen molar-refractivity contribution in [1.82, 2.24) is 0 Å². The minimum Gasteiger partial charge on any atom is -0.506 e. The Kier molecular flexibility index (Phi) is 12.3. The minimum atomic E-state index is 0.220. The summed E-state index contributed by atoms with van der Waals surface area (Å²) in [7, 11) is 0. The molecule has 0 aromatic heterocycles. The average Bonchev–Trinajstić information content (AvgIpc) is 2.58. The van der Waals surface area contributed by atoms with Crippen LogP contribution in [0.4, 0.5) is 5.69 Å². The van der Waals surface area contributed by atoms with Crippen LogP contribution in [0.3, 0.4) is 0 Å². The molecule has 0 atom stereocenters. The van der Waals surface area contributed by atoms with E-state index in [1.807, 2.05) is 12.1 Å². The summed E-state index contributed by atoms with van der Waals surface area (Å²) in [5.41, 5.74) is 7.54. The number of nitrogens with two attached hydrogens (primary N) is 1. The second kappa shape index (κ2) is 14.2. The van der Waals surface area contributed by atoms with Crippen molar-refractivity contribution in [2.45, 2.75) is 103 Å². The second-order valence-electron chi connectivity index (χ2n) is 7.20. The molecule has 0 bridgehead atoms. The maximum absolute atomic E-state index is 9.59. The molecule has 3 N–H and O–H groups in total. The number of hydrogen-bond donors (Lipinski definition) is 2. The first-order chi connectivity index (χ1) is 11.8. The lowest BCUT2D eigenvalue weighted by Gasteiger charge is -2.07. The Morgan fingerprint density at radius 3 is 1.67 bits per heavy atom. The third kappa shape index (κ3) is 9.85. The Labute approximate surface area is 149 Å². The number of aryl methyl sites for hydroxylation is 1. The molecular weight excluding hydrogens is 294 g/mol. The summed E-state index contributed by atoms with van der Waals surface area (Å²) in [6.07, 6.45) is 20.3. The summed E-state index contributed by atoms with van der Waals surface area (Å²) in [5.74, 6) is 0.220. The molecule has 2 heteroatoms. The Bertz CT molecular complexity index is 416. The van der Waals surface area contributed by atoms with Gasteiger partial charge in [0.05, 0.1) is 5.69 Å². The highest BCUT2D eigenvalue weighted by Crippen LogP contribution is 2.25. The van der Waals surface area contributed by atoms with Crippen molar-refractivity contribution < 1.29 is 5.11 Å². The Morgan fingerprint density at radius 1 is 0.708 bits per heavy atom. The molecule has 1 rings (SSSR count). The van der Waals surface area contributed by atoms with Crippen molar-refractivity contribution in [3.63, 3.8) is 0 Å². The molecule has 24 heavy (non-hydrogen) atoms. The lowest BCUT2D eigenvalue weighted by atomic mass is 10.0. The van der Waals surface area contributed by atoms with Crippen LogP contribution < -0.4 is 5.73 Å². The quantitative estimate of drug-likeness (QED) is 0.206. The predicted octanol–water partition coefficient (Wildman–Crippen LogP) is 7.00. The van der Waals surface area contributed by atoms with E-state index in [0.717, 1.165) is 12.0 Å². The molecule has 2 nitrogen and oxygen atoms in total. The average molecular weight is 334 g/mol. The van der Waals surface area contributed by atoms with E-state index in [9.17, 15) is 5.11 Å². The smallest absolute Gasteiger partial charge is 0.138 e. The van der Waals surface area contributed by atoms with E-state index in [4.69, 9.17) is 5.73 Å². The first-order valence-corrected chi connectivity index (χ1v) is 10.3. The van der Waals surface area contributed by atoms with Crippen molar-refractivity contribution in [3.05, 3.63) is 23.8 Å². The zero-order valence-corrected chi connectivity index (χ0v) is 15.9. The van der Waals surface area contributed by atoms with E-state index in [-0.39, 0.29) is 5.75 Å². The second-order valence-corrected chi connectivity index (χ2v) is 7.20. The topological polar surface area (TPSA) is 46.2 Å². The summed E-state index contributed by atoms with van der Waals surface area (Å²) in [4.78, 5) is 0. The molecule has 1 aromatic carbocycles. The molecule has 0 unspecified atom stereocenters. The number of phenolic OH excluding ortho intramolecular Hbond substituents is 1. The zero-order chi connectivity index (χ0) is 17.5. The van der Waals surface area contributed by atoms with E-state index in [1.165, 1.54) is 89.9 Å². The highest BCUT2D eigenvalue weighted by atomic mass is 16.3. The van der Waals surface area contributed by atoms with Gasteiger partial charge in [-0.3, -0.25) is 0 Å². The molecule has 1 aromatic rings. The van der Waals surface area contributed by atoms with Crippen LogP contribution in [0, 0.1) is 0 Å². The van der Waals surface area contributed by atoms with Gasteiger partial charge in [-0.25, -0.2) is 0 Å². The first kappa shape index (κ1) is 20.9. The lowest BCUT2D eigenvalue weighted by Crippen LogP contribution is -1.95. The highest BCUT2D eigenvalue weighted by Gasteiger charge is 2.03. The molecule has 0 heterocycles. The van der Waals surface area contributed by atoms with Gasteiger partial charge in [-0.15, -0.1) is 0 Å². The van der Waals surface area contributed by atoms with E-state index >= 15 is 0 Å². The summed E-state index contributed by atoms with van der Waals surface area (Å²) < 4.78 is 0. The number of benzene rings is 1. The van der Waals surface area contributed by atoms with Gasteiger partial charge in [0.15, 0.2) is 0 Å². The Hall–Kier alpha value is -1.18. The molecular formula is C22H39NO. The molecule has 0 saturated carbocycles. The van der Waals surface area contributed by atoms with E-state index in [2.05, 4.69) is 6.92 Å². The van der Waals surface area contributed by atoms with Gasteiger partial charge in [0, 0.05) is 0 Å². The molecule has 0 aliphatic carbocycles. The number of hydrogen-bond acceptors (Lipinski definition) is 2. The third-order valence-corrected chi connectivity index (χ3v) is 4.97. The molecule has 0 aliphatic heterocycles. The fourth-order valence-corrected chi connectivity index (χ4v) is 3.33. The summed E-state index contributed by atoms with van der Waals surface area (Å²) in [5, 5.41) is 9.59. The van der Waals surface area contributed by atoms with Gasteiger partial charge in [0.2, 0.25) is 0 Å². The molecule has 0 amide bonds. The van der Waals surface area contributed by atoms with E-state index in [1.54, 1.807) is 6.07 Å². The standard InChI is InChI=1S/C22H39NO/c1-2-3-4-5-6-7-8-9-10-11-12-13-14-15-17-20-18-16-19-21(24)22(20)23/h16,18-19,24H,2-15,17,23H2,1H3. The van der Waals surface area contributed by atoms with Crippen LogP contribution in [-0.2, 0) is 6.42 Å². The number of unbranched alkanes of at least 4 members (excludes halogenated alkanes) is 13. The molecule has 0 spiro atoms. The SMILES string of the molecule is CCCCCCCCCCCCCCCCc1cccc(O)c1N. The number of aromatic hydroxyl groups is 1. The largest absolute Gasteiger partial charge is 0.506 e. The third-order valence-electron chi connectivity index (χ3n) is 4.97. The van der Waals surface area contributed by atoms with E-state index < -0.39 is 0 Å². The van der Waals surface area contributed by atoms with Gasteiger partial charge in [-0.2, -0.15) is 0 Å². The van der Waals surface area contributed by atoms with Gasteiger partial charge in [-0.05, 0) is 24.5 Å². The van der Waals surface area contributed by atoms with Crippen molar-refractivity contribution in [2.24, 2.45) is 0 Å². The highest BCUT2D eigenvalue weighted by molar-refractivity contribution is 5.57. The van der Waals surface area contributed by atoms with E-state index in [0.29, 0.717) is 5.69 Å². The normalized spacial score (nSPS) is 11.0. The van der Waals surface area contributed by atoms with Crippen molar-refractivity contribution in [3.8, 4) is 5.75 Å². The maximum Gasteiger partial charge on any atom is 0.138 e. The number of rotatable bonds is 15. The number of para-hydroxylation sites is 1. The molecule has 0 radical (unpaired) electrons. The summed E-state index contributed by atoms with van der Waals surface area (Å²) in [6.45, 7) is 2.28. The molecule has 138 valence electrons. The Morgan fingerprint density at radius 2 is 1.17 bits per heavy atom. The van der Waals surface area contributed by atoms with Crippen LogP contribution in [0.5, 0.6) is 5.75 Å². The van der Waals surface area contributed by atoms with Crippen LogP contribution in [0.2, 0.25) is 0 Å². The van der Waals surface area contributed by atoms with Crippen molar-refractivity contribution >= 4 is 5.69 Å². The van der Waals surface area contributed by atoms with Crippen LogP contribution in [0.25, 0.3) is 0 Å². The number of phenols is 1. The fraction of sp³-hybridized carbons (Fsp3) is 0.727. The minimum absolute atomic E-state index is 0.220. The molecule has 0 fully saturated rings. The monoisotopic (exact) mass is 333 g/mol. The Balaban J connectivity index is 1.85. The number of anilines is 1. The van der Waals surface area contributed by atoms with Crippen LogP contribution in [-0.4, -0.2) is 5.11 Å². The predicted molar refractivity (Wildman–Crippen MR) is 107 cm³/mol.